The summed E-state index contributed by atoms with van der Waals surface area (Å²) >= 11 is 5.94. The first-order valence-corrected chi connectivity index (χ1v) is 8.57. The summed E-state index contributed by atoms with van der Waals surface area (Å²) in [4.78, 5) is 12.3. The zero-order valence-corrected chi connectivity index (χ0v) is 14.7. The van der Waals surface area contributed by atoms with Crippen LogP contribution in [0.4, 0.5) is 18.9 Å². The quantitative estimate of drug-likeness (QED) is 0.724. The van der Waals surface area contributed by atoms with Crippen molar-refractivity contribution in [2.45, 2.75) is 28.5 Å². The Labute approximate surface area is 153 Å². The molecule has 140 valence electrons. The number of amides is 1. The summed E-state index contributed by atoms with van der Waals surface area (Å²) in [6, 6.07) is 9.30. The third-order valence-corrected chi connectivity index (χ3v) is 5.14. The van der Waals surface area contributed by atoms with Crippen LogP contribution in [-0.4, -0.2) is 32.1 Å². The Morgan fingerprint density at radius 1 is 1.12 bits per heavy atom. The van der Waals surface area contributed by atoms with Crippen LogP contribution < -0.4 is 5.32 Å². The number of phenols is 1. The number of carbonyl (C=O) groups excluding carboxylic acids is 1. The fraction of sp³-hybridized carbons (Fsp3) is 0.188. The van der Waals surface area contributed by atoms with E-state index < -0.39 is 28.5 Å². The highest BCUT2D eigenvalue weighted by atomic mass is 35.5. The van der Waals surface area contributed by atoms with E-state index in [0.717, 1.165) is 0 Å². The highest BCUT2D eigenvalue weighted by molar-refractivity contribution is 7.85. The second kappa shape index (κ2) is 7.26. The molecule has 3 N–H and O–H groups in total. The number of hydrogen-bond donors (Lipinski definition) is 3. The van der Waals surface area contributed by atoms with E-state index >= 15 is 0 Å². The van der Waals surface area contributed by atoms with Crippen molar-refractivity contribution in [1.29, 1.82) is 0 Å². The molecular weight excluding hydrogens is 395 g/mol. The molecule has 10 heteroatoms. The average Bonchev–Trinajstić information content (AvgIpc) is 2.55. The maximum atomic E-state index is 12.7. The summed E-state index contributed by atoms with van der Waals surface area (Å²) in [5.74, 6) is -1.70. The number of alkyl halides is 3. The van der Waals surface area contributed by atoms with Gasteiger partial charge < -0.3 is 15.5 Å². The predicted molar refractivity (Wildman–Crippen MR) is 89.5 cm³/mol. The number of aromatic hydroxyl groups is 1. The van der Waals surface area contributed by atoms with Crippen molar-refractivity contribution in [3.05, 3.63) is 47.5 Å². The molecular formula is C16H13ClF3NO4S. The number of halogens is 4. The van der Waals surface area contributed by atoms with Crippen molar-refractivity contribution in [2.24, 2.45) is 0 Å². The van der Waals surface area contributed by atoms with Gasteiger partial charge in [-0.1, -0.05) is 11.6 Å². The van der Waals surface area contributed by atoms with Crippen molar-refractivity contribution in [3.8, 4) is 5.75 Å². The van der Waals surface area contributed by atoms with Gasteiger partial charge in [0.05, 0.1) is 21.5 Å². The van der Waals surface area contributed by atoms with Crippen LogP contribution in [0.2, 0.25) is 5.02 Å². The standard InChI is InChI=1S/C16H13ClF3NO4S/c1-15(24,16(18,19)20)14(23)21-13-7-6-11(8-12(13)17)26(25)10-4-2-9(22)3-5-10/h2-8,22,24H,1H3,(H,21,23)/t15?,26-/m1/s1. The molecule has 2 aromatic carbocycles. The van der Waals surface area contributed by atoms with Crippen LogP contribution in [-0.2, 0) is 15.6 Å². The lowest BCUT2D eigenvalue weighted by atomic mass is 10.1. The van der Waals surface area contributed by atoms with Gasteiger partial charge in [0.15, 0.2) is 0 Å². The van der Waals surface area contributed by atoms with E-state index in [2.05, 4.69) is 0 Å². The second-order valence-corrected chi connectivity index (χ2v) is 7.32. The van der Waals surface area contributed by atoms with Gasteiger partial charge >= 0.3 is 6.18 Å². The van der Waals surface area contributed by atoms with Crippen LogP contribution in [0.25, 0.3) is 0 Å². The van der Waals surface area contributed by atoms with Crippen molar-refractivity contribution >= 4 is 34.0 Å². The maximum absolute atomic E-state index is 12.7. The van der Waals surface area contributed by atoms with E-state index in [9.17, 15) is 32.4 Å². The number of hydrogen-bond acceptors (Lipinski definition) is 4. The van der Waals surface area contributed by atoms with Gasteiger partial charge in [0.1, 0.15) is 5.75 Å². The van der Waals surface area contributed by atoms with E-state index in [1.165, 1.54) is 42.5 Å². The fourth-order valence-corrected chi connectivity index (χ4v) is 3.16. The Bertz CT molecular complexity index is 854. The van der Waals surface area contributed by atoms with Crippen LogP contribution >= 0.6 is 11.6 Å². The molecule has 0 fully saturated rings. The molecule has 0 aliphatic rings. The van der Waals surface area contributed by atoms with Crippen molar-refractivity contribution in [2.75, 3.05) is 5.32 Å². The highest BCUT2D eigenvalue weighted by Gasteiger charge is 2.55. The van der Waals surface area contributed by atoms with E-state index in [4.69, 9.17) is 11.6 Å². The fourth-order valence-electron chi connectivity index (χ4n) is 1.79. The average molecular weight is 408 g/mol. The molecule has 26 heavy (non-hydrogen) atoms. The molecule has 2 rings (SSSR count). The minimum atomic E-state index is -5.16. The highest BCUT2D eigenvalue weighted by Crippen LogP contribution is 2.33. The van der Waals surface area contributed by atoms with E-state index in [0.29, 0.717) is 11.8 Å². The largest absolute Gasteiger partial charge is 0.508 e. The third-order valence-electron chi connectivity index (χ3n) is 3.45. The second-order valence-electron chi connectivity index (χ2n) is 5.43. The van der Waals surface area contributed by atoms with Crippen molar-refractivity contribution in [1.82, 2.24) is 0 Å². The molecule has 0 spiro atoms. The molecule has 0 aliphatic carbocycles. The van der Waals surface area contributed by atoms with Crippen LogP contribution in [0.3, 0.4) is 0 Å². The van der Waals surface area contributed by atoms with Gasteiger partial charge in [-0.2, -0.15) is 13.2 Å². The first-order valence-electron chi connectivity index (χ1n) is 7.04. The van der Waals surface area contributed by atoms with Crippen LogP contribution in [0.5, 0.6) is 5.75 Å². The summed E-state index contributed by atoms with van der Waals surface area (Å²) in [5, 5.41) is 20.3. The molecule has 0 aliphatic heterocycles. The Kier molecular flexibility index (Phi) is 5.64. The lowest BCUT2D eigenvalue weighted by molar-refractivity contribution is -0.242. The molecule has 1 unspecified atom stereocenters. The van der Waals surface area contributed by atoms with Gasteiger partial charge in [0.25, 0.3) is 5.91 Å². The van der Waals surface area contributed by atoms with E-state index in [-0.39, 0.29) is 21.4 Å². The SMILES string of the molecule is CC(O)(C(=O)Nc1ccc([S@](=O)c2ccc(O)cc2)cc1Cl)C(F)(F)F. The molecule has 0 radical (unpaired) electrons. The zero-order chi connectivity index (χ0) is 19.7. The number of benzene rings is 2. The molecule has 0 bridgehead atoms. The van der Waals surface area contributed by atoms with Crippen LogP contribution in [0, 0.1) is 0 Å². The van der Waals surface area contributed by atoms with Gasteiger partial charge in [0.2, 0.25) is 5.60 Å². The number of rotatable bonds is 4. The van der Waals surface area contributed by atoms with Crippen LogP contribution in [0.1, 0.15) is 6.92 Å². The Morgan fingerprint density at radius 2 is 1.65 bits per heavy atom. The van der Waals surface area contributed by atoms with Gasteiger partial charge in [0, 0.05) is 9.79 Å². The van der Waals surface area contributed by atoms with Gasteiger partial charge in [-0.15, -0.1) is 0 Å². The van der Waals surface area contributed by atoms with Crippen molar-refractivity contribution in [3.63, 3.8) is 0 Å². The van der Waals surface area contributed by atoms with E-state index in [1.54, 1.807) is 0 Å². The van der Waals surface area contributed by atoms with Crippen LogP contribution in [0.15, 0.2) is 52.3 Å². The summed E-state index contributed by atoms with van der Waals surface area (Å²) < 4.78 is 50.4. The van der Waals surface area contributed by atoms with Crippen molar-refractivity contribution < 1.29 is 32.4 Å². The summed E-state index contributed by atoms with van der Waals surface area (Å²) in [5.41, 5.74) is -3.77. The molecule has 1 amide bonds. The zero-order valence-electron chi connectivity index (χ0n) is 13.2. The number of carbonyl (C=O) groups is 1. The molecule has 5 nitrogen and oxygen atoms in total. The number of aliphatic hydroxyl groups is 1. The summed E-state index contributed by atoms with van der Waals surface area (Å²) in [6.45, 7) is 0.324. The summed E-state index contributed by atoms with van der Waals surface area (Å²) in [6.07, 6.45) is -5.16. The number of nitrogens with one attached hydrogen (secondary N) is 1. The Morgan fingerprint density at radius 3 is 2.15 bits per heavy atom. The molecule has 0 saturated carbocycles. The third kappa shape index (κ3) is 4.17. The number of anilines is 1. The predicted octanol–water partition coefficient (Wildman–Crippen LogP) is 3.46. The lowest BCUT2D eigenvalue weighted by Gasteiger charge is -2.25. The molecule has 0 saturated heterocycles. The first-order chi connectivity index (χ1) is 11.9. The molecule has 0 aromatic heterocycles. The minimum Gasteiger partial charge on any atom is -0.508 e. The topological polar surface area (TPSA) is 86.6 Å². The molecule has 0 heterocycles. The van der Waals surface area contributed by atoms with Gasteiger partial charge in [-0.3, -0.25) is 4.79 Å². The van der Waals surface area contributed by atoms with Gasteiger partial charge in [-0.05, 0) is 49.4 Å². The monoisotopic (exact) mass is 407 g/mol. The maximum Gasteiger partial charge on any atom is 0.426 e. The number of phenolic OH excluding ortho intramolecular Hbond substituents is 1. The molecule has 2 aromatic rings. The van der Waals surface area contributed by atoms with E-state index in [1.807, 2.05) is 5.32 Å². The lowest BCUT2D eigenvalue weighted by Crippen LogP contribution is -2.52. The van der Waals surface area contributed by atoms with Gasteiger partial charge in [-0.25, -0.2) is 4.21 Å². The Hall–Kier alpha value is -2.10. The first kappa shape index (κ1) is 20.2. The molecule has 2 atom stereocenters. The summed E-state index contributed by atoms with van der Waals surface area (Å²) in [7, 11) is -1.66. The smallest absolute Gasteiger partial charge is 0.426 e. The normalized spacial score (nSPS) is 15.2. The minimum absolute atomic E-state index is 0.00133. The Balaban J connectivity index is 2.23.